The van der Waals surface area contributed by atoms with Crippen molar-refractivity contribution in [2.24, 2.45) is 5.11 Å². The van der Waals surface area contributed by atoms with Crippen molar-refractivity contribution in [2.75, 3.05) is 52.7 Å². The van der Waals surface area contributed by atoms with Gasteiger partial charge in [-0.15, -0.1) is 0 Å². The molecule has 3 aliphatic rings. The van der Waals surface area contributed by atoms with Gasteiger partial charge >= 0.3 is 0 Å². The van der Waals surface area contributed by atoms with Crippen LogP contribution in [0.4, 0.5) is 0 Å². The maximum Gasteiger partial charge on any atom is 0.245 e. The topological polar surface area (TPSA) is 490 Å². The molecule has 70 heavy (non-hydrogen) atoms. The number of carbonyl (C=O) groups is 7. The zero-order valence-electron chi connectivity index (χ0n) is 38.4. The van der Waals surface area contributed by atoms with E-state index in [0.717, 1.165) is 27.7 Å². The van der Waals surface area contributed by atoms with Crippen LogP contribution in [0.1, 0.15) is 34.1 Å². The Morgan fingerprint density at radius 1 is 0.529 bits per heavy atom. The molecular formula is C38H64N10O22. The molecule has 0 aromatic heterocycles. The molecule has 0 aromatic carbocycles. The number of nitrogens with zero attached hydrogens (tertiary/aromatic N) is 3. The van der Waals surface area contributed by atoms with Gasteiger partial charge < -0.3 is 112 Å². The molecule has 16 N–H and O–H groups in total. The lowest BCUT2D eigenvalue weighted by molar-refractivity contribution is -0.271. The summed E-state index contributed by atoms with van der Waals surface area (Å²) in [6, 6.07) is -10.2. The molecule has 3 heterocycles. The molecule has 18 atom stereocenters. The fraction of sp³-hybridized carbons (Fsp3) is 0.816. The van der Waals surface area contributed by atoms with Gasteiger partial charge in [0.1, 0.15) is 91.2 Å². The minimum atomic E-state index is -2.00. The Balaban J connectivity index is 2.02. The summed E-state index contributed by atoms with van der Waals surface area (Å²) in [7, 11) is 0. The van der Waals surface area contributed by atoms with Gasteiger partial charge in [0.05, 0.1) is 39.6 Å². The van der Waals surface area contributed by atoms with Gasteiger partial charge in [-0.3, -0.25) is 33.6 Å². The summed E-state index contributed by atoms with van der Waals surface area (Å²) in [6.07, 6.45) is -20.1. The van der Waals surface area contributed by atoms with E-state index in [4.69, 9.17) is 34.0 Å². The molecule has 3 saturated heterocycles. The first-order chi connectivity index (χ1) is 33.1. The van der Waals surface area contributed by atoms with Gasteiger partial charge in [-0.2, -0.15) is 0 Å². The second kappa shape index (κ2) is 28.7. The van der Waals surface area contributed by atoms with Crippen LogP contribution in [0.3, 0.4) is 0 Å². The smallest absolute Gasteiger partial charge is 0.245 e. The molecule has 3 fully saturated rings. The van der Waals surface area contributed by atoms with E-state index in [9.17, 15) is 79.5 Å². The average Bonchev–Trinajstić information content (AvgIpc) is 3.30. The van der Waals surface area contributed by atoms with E-state index in [1.165, 1.54) is 0 Å². The normalized spacial score (nSPS) is 32.1. The Morgan fingerprint density at radius 2 is 0.857 bits per heavy atom. The number of nitrogens with one attached hydrogen (secondary N) is 7. The van der Waals surface area contributed by atoms with Crippen LogP contribution in [0.15, 0.2) is 5.11 Å². The number of hydrogen-bond donors (Lipinski definition) is 16. The average molecular weight is 1010 g/mol. The first-order valence-electron chi connectivity index (χ1n) is 21.8. The lowest BCUT2D eigenvalue weighted by Gasteiger charge is -2.42. The van der Waals surface area contributed by atoms with Crippen molar-refractivity contribution in [1.82, 2.24) is 37.2 Å². The number of rotatable bonds is 25. The van der Waals surface area contributed by atoms with Crippen molar-refractivity contribution < 1.29 is 108 Å². The molecule has 32 nitrogen and oxygen atoms in total. The van der Waals surface area contributed by atoms with Crippen molar-refractivity contribution >= 4 is 41.4 Å². The van der Waals surface area contributed by atoms with E-state index >= 15 is 0 Å². The van der Waals surface area contributed by atoms with Crippen LogP contribution in [0.5, 0.6) is 0 Å². The Bertz CT molecular complexity index is 1820. The van der Waals surface area contributed by atoms with Gasteiger partial charge in [0.2, 0.25) is 41.4 Å². The molecule has 0 spiro atoms. The van der Waals surface area contributed by atoms with Crippen molar-refractivity contribution in [3.63, 3.8) is 0 Å². The minimum absolute atomic E-state index is 0.0666. The third-order valence-electron chi connectivity index (χ3n) is 10.8. The highest BCUT2D eigenvalue weighted by Gasteiger charge is 2.49. The summed E-state index contributed by atoms with van der Waals surface area (Å²) in [5, 5.41) is 113. The fourth-order valence-electron chi connectivity index (χ4n) is 7.28. The number of ether oxygens (including phenoxy) is 6. The largest absolute Gasteiger partial charge is 0.394 e. The Morgan fingerprint density at radius 3 is 1.16 bits per heavy atom. The van der Waals surface area contributed by atoms with Crippen LogP contribution in [0.25, 0.3) is 10.4 Å². The van der Waals surface area contributed by atoms with Crippen molar-refractivity contribution in [2.45, 2.75) is 144 Å². The Labute approximate surface area is 398 Å². The van der Waals surface area contributed by atoms with Gasteiger partial charge in [0.25, 0.3) is 0 Å². The molecule has 3 rings (SSSR count). The SMILES string of the molecule is CC(=O)N[C@H]1[C@@H](OC[C@H](NC(C)=O)C(=O)N[C@@H](CO[C@H]2O[C@H](CO)[C@H](O)[C@H](O)[C@H]2NC(C)=O)C(=O)N[C@@H](CO[C@H]2O[C@H](CO)[C@H](O)[C@H](O)[C@H]2NC(C)=O)C(=O)NCCCN=[N+]=[N-])O[C@H](CO)[C@H](O)[C@@H]1O. The summed E-state index contributed by atoms with van der Waals surface area (Å²) >= 11 is 0. The molecule has 0 aliphatic carbocycles. The minimum Gasteiger partial charge on any atom is -0.394 e. The molecule has 0 saturated carbocycles. The van der Waals surface area contributed by atoms with Crippen LogP contribution in [0.2, 0.25) is 0 Å². The number of azide groups is 1. The summed E-state index contributed by atoms with van der Waals surface area (Å²) < 4.78 is 33.9. The summed E-state index contributed by atoms with van der Waals surface area (Å²) in [5.41, 5.74) is 8.64. The molecule has 0 aromatic rings. The Kier molecular flexibility index (Phi) is 24.4. The van der Waals surface area contributed by atoms with Crippen molar-refractivity contribution in [3.8, 4) is 0 Å². The summed E-state index contributed by atoms with van der Waals surface area (Å²) in [4.78, 5) is 93.4. The molecule has 0 bridgehead atoms. The third kappa shape index (κ3) is 17.1. The molecule has 0 unspecified atom stereocenters. The van der Waals surface area contributed by atoms with Crippen LogP contribution in [-0.2, 0) is 62.0 Å². The first-order valence-corrected chi connectivity index (χ1v) is 21.8. The highest BCUT2D eigenvalue weighted by atomic mass is 16.7. The lowest BCUT2D eigenvalue weighted by Crippen LogP contribution is -2.66. The van der Waals surface area contributed by atoms with E-state index in [-0.39, 0.29) is 19.5 Å². The molecule has 398 valence electrons. The molecular weight excluding hydrogens is 948 g/mol. The molecule has 3 aliphatic heterocycles. The molecule has 32 heteroatoms. The Hall–Kier alpha value is -5.00. The predicted molar refractivity (Wildman–Crippen MR) is 227 cm³/mol. The number of hydrogen-bond acceptors (Lipinski definition) is 23. The van der Waals surface area contributed by atoms with E-state index in [2.05, 4.69) is 47.2 Å². The monoisotopic (exact) mass is 1010 g/mol. The number of carbonyl (C=O) groups excluding carboxylic acids is 7. The highest BCUT2D eigenvalue weighted by molar-refractivity contribution is 5.94. The molecule has 7 amide bonds. The second-order valence-corrected chi connectivity index (χ2v) is 16.3. The number of amides is 7. The van der Waals surface area contributed by atoms with Crippen LogP contribution in [-0.4, -0.2) is 250 Å². The fourth-order valence-corrected chi connectivity index (χ4v) is 7.28. The molecule has 0 radical (unpaired) electrons. The highest BCUT2D eigenvalue weighted by Crippen LogP contribution is 2.25. The zero-order valence-corrected chi connectivity index (χ0v) is 38.4. The summed E-state index contributed by atoms with van der Waals surface area (Å²) in [6.45, 7) is -1.32. The maximum atomic E-state index is 14.4. The van der Waals surface area contributed by atoms with Gasteiger partial charge in [0, 0.05) is 45.7 Å². The van der Waals surface area contributed by atoms with Crippen molar-refractivity contribution in [1.29, 1.82) is 0 Å². The van der Waals surface area contributed by atoms with Gasteiger partial charge in [-0.1, -0.05) is 5.11 Å². The van der Waals surface area contributed by atoms with Gasteiger partial charge in [-0.25, -0.2) is 0 Å². The van der Waals surface area contributed by atoms with Crippen LogP contribution in [0, 0.1) is 0 Å². The predicted octanol–water partition coefficient (Wildman–Crippen LogP) is -9.84. The van der Waals surface area contributed by atoms with E-state index < -0.39 is 191 Å². The standard InChI is InChI=1S/C38H64N10O22/c1-14(52)42-19(12-66-37-25(44-16(3)54)31(60)28(57)22(9-50)69-37)34(63)47-20(13-67-38-26(45-17(4)55)32(61)29(58)23(10-51)70-38)35(64)46-18(33(62)40-6-5-7-41-48-39)11-65-36-24(43-15(2)53)30(59)27(56)21(8-49)68-36/h18-32,36-38,49-51,56-61H,5-13H2,1-4H3,(H,40,62)(H,42,52)(H,43,53)(H,44,54)(H,45,55)(H,46,64)(H,47,63)/t18-,19-,20-,21+,22+,23+,24+,25+,26+,27-,28-,29-,30+,31+,32+,36-,37-,38-/m0/s1. The van der Waals surface area contributed by atoms with E-state index in [1.54, 1.807) is 0 Å². The number of aliphatic hydroxyl groups excluding tert-OH is 9. The van der Waals surface area contributed by atoms with Gasteiger partial charge in [0.15, 0.2) is 18.9 Å². The van der Waals surface area contributed by atoms with E-state index in [0.29, 0.717) is 0 Å². The maximum absolute atomic E-state index is 14.4. The zero-order chi connectivity index (χ0) is 52.4. The van der Waals surface area contributed by atoms with Gasteiger partial charge in [-0.05, 0) is 12.0 Å². The second-order valence-electron chi connectivity index (χ2n) is 16.3. The summed E-state index contributed by atoms with van der Waals surface area (Å²) in [5.74, 6) is -6.54. The van der Waals surface area contributed by atoms with Crippen molar-refractivity contribution in [3.05, 3.63) is 10.4 Å². The van der Waals surface area contributed by atoms with E-state index in [1.807, 2.05) is 0 Å². The first kappa shape index (κ1) is 59.3. The quantitative estimate of drug-likeness (QED) is 0.0175. The lowest BCUT2D eigenvalue weighted by atomic mass is 9.97. The number of aliphatic hydroxyl groups is 9. The van der Waals surface area contributed by atoms with Crippen LogP contribution >= 0.6 is 0 Å². The third-order valence-corrected chi connectivity index (χ3v) is 10.8. The van der Waals surface area contributed by atoms with Crippen LogP contribution < -0.4 is 37.2 Å².